The highest BCUT2D eigenvalue weighted by atomic mass is 35.5. The molecule has 0 fully saturated rings. The van der Waals surface area contributed by atoms with Crippen molar-refractivity contribution in [2.75, 3.05) is 6.61 Å². The van der Waals surface area contributed by atoms with Gasteiger partial charge in [0.2, 0.25) is 0 Å². The van der Waals surface area contributed by atoms with Crippen LogP contribution in [0.15, 0.2) is 18.3 Å². The van der Waals surface area contributed by atoms with Crippen LogP contribution >= 0.6 is 23.2 Å². The molecule has 0 saturated carbocycles. The quantitative estimate of drug-likeness (QED) is 0.841. The Kier molecular flexibility index (Phi) is 4.68. The monoisotopic (exact) mass is 311 g/mol. The number of hydrogen-bond donors (Lipinski definition) is 1. The lowest BCUT2D eigenvalue weighted by atomic mass is 10.1. The fourth-order valence-electron chi connectivity index (χ4n) is 2.01. The van der Waals surface area contributed by atoms with Gasteiger partial charge in [-0.05, 0) is 26.0 Å². The molecule has 0 saturated heterocycles. The fourth-order valence-corrected chi connectivity index (χ4v) is 2.68. The Morgan fingerprint density at radius 2 is 2.00 bits per heavy atom. The summed E-state index contributed by atoms with van der Waals surface area (Å²) in [5, 5.41) is 12.5. The van der Waals surface area contributed by atoms with Crippen molar-refractivity contribution in [3.8, 4) is 16.9 Å². The summed E-state index contributed by atoms with van der Waals surface area (Å²) < 4.78 is 7.09. The minimum Gasteiger partial charge on any atom is -0.494 e. The van der Waals surface area contributed by atoms with E-state index in [9.17, 15) is 0 Å². The van der Waals surface area contributed by atoms with Gasteiger partial charge in [-0.15, -0.1) is 0 Å². The van der Waals surface area contributed by atoms with Gasteiger partial charge in [-0.1, -0.05) is 23.2 Å². The van der Waals surface area contributed by atoms with Gasteiger partial charge in [0.05, 0.1) is 28.9 Å². The van der Waals surface area contributed by atoms with Crippen LogP contribution in [0.4, 0.5) is 0 Å². The average molecular weight is 312 g/mol. The van der Waals surface area contributed by atoms with Crippen LogP contribution in [-0.4, -0.2) is 22.6 Å². The topological polar surface area (TPSA) is 50.9 Å². The molecule has 4 nitrogen and oxygen atoms in total. The summed E-state index contributed by atoms with van der Waals surface area (Å²) in [6.07, 6.45) is 3.13. The molecule has 6 heteroatoms. The number of ether oxygens (including phenoxy) is 1. The first-order valence-electron chi connectivity index (χ1n) is 6.22. The van der Waals surface area contributed by atoms with Crippen molar-refractivity contribution in [3.05, 3.63) is 34.1 Å². The average Bonchev–Trinajstić information content (AvgIpc) is 2.70. The predicted molar refractivity (Wildman–Crippen MR) is 82.4 cm³/mol. The number of nitrogens with one attached hydrogen (secondary N) is 1. The standard InChI is InChI=1S/C14H15Cl2N3O/c1-3-20-10-6-12(15)14(13(16)7-10)11-8-19(5-4-17)18-9(11)2/h4,6-8,17H,3,5H2,1-2H3. The minimum absolute atomic E-state index is 0.424. The highest BCUT2D eigenvalue weighted by molar-refractivity contribution is 6.39. The highest BCUT2D eigenvalue weighted by Gasteiger charge is 2.16. The fraction of sp³-hybridized carbons (Fsp3) is 0.286. The molecule has 1 heterocycles. The number of rotatable bonds is 5. The molecule has 1 aromatic heterocycles. The van der Waals surface area contributed by atoms with Crippen LogP contribution in [0.2, 0.25) is 10.0 Å². The van der Waals surface area contributed by atoms with E-state index in [0.29, 0.717) is 28.9 Å². The van der Waals surface area contributed by atoms with Crippen LogP contribution in [0.5, 0.6) is 5.75 Å². The first-order chi connectivity index (χ1) is 9.56. The van der Waals surface area contributed by atoms with Crippen molar-refractivity contribution >= 4 is 29.4 Å². The molecule has 0 bridgehead atoms. The lowest BCUT2D eigenvalue weighted by molar-refractivity contribution is 0.340. The van der Waals surface area contributed by atoms with Gasteiger partial charge in [-0.3, -0.25) is 4.68 Å². The molecule has 0 aliphatic carbocycles. The first-order valence-corrected chi connectivity index (χ1v) is 6.97. The molecule has 1 N–H and O–H groups in total. The molecular weight excluding hydrogens is 297 g/mol. The van der Waals surface area contributed by atoms with Crippen LogP contribution in [0.1, 0.15) is 12.6 Å². The van der Waals surface area contributed by atoms with Crippen molar-refractivity contribution < 1.29 is 4.74 Å². The molecule has 2 rings (SSSR count). The van der Waals surface area contributed by atoms with Gasteiger partial charge < -0.3 is 10.1 Å². The molecular formula is C14H15Cl2N3O. The number of aromatic nitrogens is 2. The van der Waals surface area contributed by atoms with E-state index in [0.717, 1.165) is 16.8 Å². The maximum atomic E-state index is 7.13. The Labute approximate surface area is 127 Å². The molecule has 1 aromatic carbocycles. The maximum absolute atomic E-state index is 7.13. The molecule has 0 atom stereocenters. The third-order valence-electron chi connectivity index (χ3n) is 2.82. The normalized spacial score (nSPS) is 10.6. The Hall–Kier alpha value is -1.52. The third-order valence-corrected chi connectivity index (χ3v) is 3.42. The van der Waals surface area contributed by atoms with Gasteiger partial charge in [0.1, 0.15) is 5.75 Å². The summed E-state index contributed by atoms with van der Waals surface area (Å²) in [6.45, 7) is 4.77. The van der Waals surface area contributed by atoms with Crippen molar-refractivity contribution in [2.24, 2.45) is 0 Å². The molecule has 2 aromatic rings. The lowest BCUT2D eigenvalue weighted by Gasteiger charge is -2.09. The van der Waals surface area contributed by atoms with Crippen LogP contribution in [-0.2, 0) is 6.54 Å². The highest BCUT2D eigenvalue weighted by Crippen LogP contribution is 2.39. The van der Waals surface area contributed by atoms with Crippen LogP contribution in [0.3, 0.4) is 0 Å². The second-order valence-electron chi connectivity index (χ2n) is 4.25. The number of hydrogen-bond acceptors (Lipinski definition) is 3. The third kappa shape index (κ3) is 2.97. The summed E-state index contributed by atoms with van der Waals surface area (Å²) in [5.74, 6) is 0.649. The number of aryl methyl sites for hydroxylation is 1. The zero-order valence-electron chi connectivity index (χ0n) is 11.3. The Morgan fingerprint density at radius 1 is 1.35 bits per heavy atom. The van der Waals surface area contributed by atoms with Gasteiger partial charge in [-0.25, -0.2) is 0 Å². The van der Waals surface area contributed by atoms with E-state index in [4.69, 9.17) is 33.3 Å². The number of halogens is 2. The molecule has 0 aliphatic heterocycles. The molecule has 0 unspecified atom stereocenters. The van der Waals surface area contributed by atoms with Crippen molar-refractivity contribution in [3.63, 3.8) is 0 Å². The minimum atomic E-state index is 0.424. The molecule has 0 radical (unpaired) electrons. The zero-order chi connectivity index (χ0) is 14.7. The summed E-state index contributed by atoms with van der Waals surface area (Å²) in [6, 6.07) is 3.50. The van der Waals surface area contributed by atoms with Crippen LogP contribution in [0, 0.1) is 12.3 Å². The van der Waals surface area contributed by atoms with E-state index in [-0.39, 0.29) is 0 Å². The first kappa shape index (κ1) is 14.9. The SMILES string of the molecule is CCOc1cc(Cl)c(-c2cn(CC=N)nc2C)c(Cl)c1. The van der Waals surface area contributed by atoms with E-state index in [1.165, 1.54) is 6.21 Å². The predicted octanol–water partition coefficient (Wildman–Crippen LogP) is 4.21. The van der Waals surface area contributed by atoms with Crippen molar-refractivity contribution in [1.29, 1.82) is 5.41 Å². The Balaban J connectivity index is 2.49. The van der Waals surface area contributed by atoms with Crippen LogP contribution in [0.25, 0.3) is 11.1 Å². The molecule has 0 amide bonds. The summed E-state index contributed by atoms with van der Waals surface area (Å²) >= 11 is 12.6. The summed E-state index contributed by atoms with van der Waals surface area (Å²) in [7, 11) is 0. The Bertz CT molecular complexity index is 614. The van der Waals surface area contributed by atoms with Gasteiger partial charge in [0.15, 0.2) is 0 Å². The lowest BCUT2D eigenvalue weighted by Crippen LogP contribution is -1.98. The smallest absolute Gasteiger partial charge is 0.122 e. The van der Waals surface area contributed by atoms with E-state index in [1.807, 2.05) is 20.0 Å². The van der Waals surface area contributed by atoms with Crippen LogP contribution < -0.4 is 4.74 Å². The van der Waals surface area contributed by atoms with E-state index < -0.39 is 0 Å². The molecule has 106 valence electrons. The second kappa shape index (κ2) is 6.29. The molecule has 0 spiro atoms. The summed E-state index contributed by atoms with van der Waals surface area (Å²) in [4.78, 5) is 0. The molecule has 0 aliphatic rings. The van der Waals surface area contributed by atoms with Gasteiger partial charge >= 0.3 is 0 Å². The van der Waals surface area contributed by atoms with E-state index >= 15 is 0 Å². The zero-order valence-corrected chi connectivity index (χ0v) is 12.8. The van der Waals surface area contributed by atoms with E-state index in [2.05, 4.69) is 5.10 Å². The maximum Gasteiger partial charge on any atom is 0.122 e. The van der Waals surface area contributed by atoms with Crippen molar-refractivity contribution in [1.82, 2.24) is 9.78 Å². The van der Waals surface area contributed by atoms with Crippen molar-refractivity contribution in [2.45, 2.75) is 20.4 Å². The van der Waals surface area contributed by atoms with Gasteiger partial charge in [0, 0.05) is 23.5 Å². The molecule has 20 heavy (non-hydrogen) atoms. The number of nitrogens with zero attached hydrogens (tertiary/aromatic N) is 2. The Morgan fingerprint density at radius 3 is 2.55 bits per heavy atom. The summed E-state index contributed by atoms with van der Waals surface area (Å²) in [5.41, 5.74) is 2.43. The largest absolute Gasteiger partial charge is 0.494 e. The van der Waals surface area contributed by atoms with Gasteiger partial charge in [0.25, 0.3) is 0 Å². The van der Waals surface area contributed by atoms with Gasteiger partial charge in [-0.2, -0.15) is 5.10 Å². The second-order valence-corrected chi connectivity index (χ2v) is 5.06. The van der Waals surface area contributed by atoms with E-state index in [1.54, 1.807) is 16.8 Å². The number of benzene rings is 1.